The van der Waals surface area contributed by atoms with Gasteiger partial charge in [0, 0.05) is 5.39 Å². The number of fused-ring (bicyclic) bond motifs is 1. The van der Waals surface area contributed by atoms with E-state index in [1.807, 2.05) is 6.07 Å². The van der Waals surface area contributed by atoms with Crippen LogP contribution < -0.4 is 10.1 Å². The number of nitrogens with one attached hydrogen (secondary N) is 1. The van der Waals surface area contributed by atoms with Gasteiger partial charge in [-0.25, -0.2) is 4.39 Å². The SMILES string of the molecule is N#Cc1oc2ccccc2c1NC(=O)COc1ccc(F)cc1Cl. The van der Waals surface area contributed by atoms with Crippen LogP contribution in [-0.4, -0.2) is 12.5 Å². The Morgan fingerprint density at radius 3 is 2.88 bits per heavy atom. The minimum Gasteiger partial charge on any atom is -0.482 e. The lowest BCUT2D eigenvalue weighted by molar-refractivity contribution is -0.118. The standard InChI is InChI=1S/C17H10ClFN2O3/c18-12-7-10(19)5-6-14(12)23-9-16(22)21-17-11-3-1-2-4-13(11)24-15(17)8-20/h1-7H,9H2,(H,21,22). The minimum absolute atomic E-state index is 0.00404. The Balaban J connectivity index is 1.75. The number of carbonyl (C=O) groups is 1. The van der Waals surface area contributed by atoms with Crippen LogP contribution in [0.2, 0.25) is 5.02 Å². The Kier molecular flexibility index (Phi) is 4.36. The highest BCUT2D eigenvalue weighted by Gasteiger charge is 2.16. The zero-order valence-electron chi connectivity index (χ0n) is 12.2. The van der Waals surface area contributed by atoms with Crippen LogP contribution in [0.3, 0.4) is 0 Å². The first-order valence-electron chi connectivity index (χ1n) is 6.88. The molecule has 0 radical (unpaired) electrons. The number of halogens is 2. The number of nitriles is 1. The molecule has 1 amide bonds. The summed E-state index contributed by atoms with van der Waals surface area (Å²) in [6, 6.07) is 12.4. The molecule has 120 valence electrons. The van der Waals surface area contributed by atoms with Crippen LogP contribution in [0.1, 0.15) is 5.76 Å². The summed E-state index contributed by atoms with van der Waals surface area (Å²) in [5, 5.41) is 12.4. The molecule has 0 saturated heterocycles. The summed E-state index contributed by atoms with van der Waals surface area (Å²) in [7, 11) is 0. The first-order valence-corrected chi connectivity index (χ1v) is 7.25. The van der Waals surface area contributed by atoms with E-state index in [9.17, 15) is 9.18 Å². The normalized spacial score (nSPS) is 10.4. The van der Waals surface area contributed by atoms with Crippen molar-refractivity contribution in [2.24, 2.45) is 0 Å². The van der Waals surface area contributed by atoms with E-state index in [1.54, 1.807) is 24.3 Å². The molecule has 7 heteroatoms. The second kappa shape index (κ2) is 6.60. The monoisotopic (exact) mass is 344 g/mol. The van der Waals surface area contributed by atoms with Crippen LogP contribution in [0, 0.1) is 17.1 Å². The molecule has 1 aromatic heterocycles. The summed E-state index contributed by atoms with van der Waals surface area (Å²) in [4.78, 5) is 12.1. The number of ether oxygens (including phenoxy) is 1. The van der Waals surface area contributed by atoms with Gasteiger partial charge in [-0.1, -0.05) is 23.7 Å². The molecule has 0 fully saturated rings. The maximum Gasteiger partial charge on any atom is 0.262 e. The smallest absolute Gasteiger partial charge is 0.262 e. The molecular weight excluding hydrogens is 335 g/mol. The Labute approximate surface area is 141 Å². The van der Waals surface area contributed by atoms with Crippen molar-refractivity contribution >= 4 is 34.2 Å². The predicted octanol–water partition coefficient (Wildman–Crippen LogP) is 4.11. The van der Waals surface area contributed by atoms with Gasteiger partial charge in [0.1, 0.15) is 28.9 Å². The number of hydrogen-bond acceptors (Lipinski definition) is 4. The minimum atomic E-state index is -0.501. The number of amides is 1. The summed E-state index contributed by atoms with van der Waals surface area (Å²) >= 11 is 5.83. The van der Waals surface area contributed by atoms with Gasteiger partial charge >= 0.3 is 0 Å². The number of hydrogen-bond donors (Lipinski definition) is 1. The van der Waals surface area contributed by atoms with E-state index < -0.39 is 11.7 Å². The van der Waals surface area contributed by atoms with Crippen LogP contribution in [0.5, 0.6) is 5.75 Å². The second-order valence-electron chi connectivity index (χ2n) is 4.83. The summed E-state index contributed by atoms with van der Waals surface area (Å²) in [6.07, 6.45) is 0. The molecule has 0 aliphatic heterocycles. The number of benzene rings is 2. The van der Waals surface area contributed by atoms with Crippen molar-refractivity contribution in [1.29, 1.82) is 5.26 Å². The van der Waals surface area contributed by atoms with E-state index in [1.165, 1.54) is 12.1 Å². The van der Waals surface area contributed by atoms with Crippen molar-refractivity contribution in [3.8, 4) is 11.8 Å². The molecule has 3 aromatic rings. The van der Waals surface area contributed by atoms with Crippen molar-refractivity contribution in [2.45, 2.75) is 0 Å². The number of para-hydroxylation sites is 1. The Bertz CT molecular complexity index is 962. The highest BCUT2D eigenvalue weighted by atomic mass is 35.5. The maximum absolute atomic E-state index is 13.0. The van der Waals surface area contributed by atoms with Crippen molar-refractivity contribution in [3.63, 3.8) is 0 Å². The average molecular weight is 345 g/mol. The molecule has 3 rings (SSSR count). The molecule has 0 unspecified atom stereocenters. The number of anilines is 1. The third kappa shape index (κ3) is 3.16. The lowest BCUT2D eigenvalue weighted by atomic mass is 10.2. The zero-order chi connectivity index (χ0) is 17.1. The number of nitrogens with zero attached hydrogens (tertiary/aromatic N) is 1. The molecule has 0 bridgehead atoms. The zero-order valence-corrected chi connectivity index (χ0v) is 12.9. The van der Waals surface area contributed by atoms with E-state index in [4.69, 9.17) is 26.0 Å². The van der Waals surface area contributed by atoms with Gasteiger partial charge in [0.2, 0.25) is 5.76 Å². The molecule has 0 aliphatic rings. The fourth-order valence-electron chi connectivity index (χ4n) is 2.16. The highest BCUT2D eigenvalue weighted by molar-refractivity contribution is 6.32. The fraction of sp³-hybridized carbons (Fsp3) is 0.0588. The lowest BCUT2D eigenvalue weighted by Crippen LogP contribution is -2.20. The fourth-order valence-corrected chi connectivity index (χ4v) is 2.38. The summed E-state index contributed by atoms with van der Waals surface area (Å²) in [5.74, 6) is -0.811. The average Bonchev–Trinajstić information content (AvgIpc) is 2.92. The van der Waals surface area contributed by atoms with Crippen LogP contribution in [-0.2, 0) is 4.79 Å². The molecule has 2 aromatic carbocycles. The van der Waals surface area contributed by atoms with E-state index in [2.05, 4.69) is 5.32 Å². The maximum atomic E-state index is 13.0. The van der Waals surface area contributed by atoms with Crippen molar-refractivity contribution in [2.75, 3.05) is 11.9 Å². The summed E-state index contributed by atoms with van der Waals surface area (Å²) < 4.78 is 23.6. The van der Waals surface area contributed by atoms with Gasteiger partial charge in [-0.3, -0.25) is 4.79 Å². The first-order chi connectivity index (χ1) is 11.6. The molecule has 0 aliphatic carbocycles. The number of furan rings is 1. The molecule has 24 heavy (non-hydrogen) atoms. The van der Waals surface area contributed by atoms with Crippen molar-refractivity contribution in [3.05, 3.63) is 59.1 Å². The van der Waals surface area contributed by atoms with Crippen molar-refractivity contribution < 1.29 is 18.3 Å². The van der Waals surface area contributed by atoms with E-state index >= 15 is 0 Å². The van der Waals surface area contributed by atoms with E-state index in [0.29, 0.717) is 11.0 Å². The Hall–Kier alpha value is -3.04. The Morgan fingerprint density at radius 2 is 2.12 bits per heavy atom. The number of rotatable bonds is 4. The van der Waals surface area contributed by atoms with Gasteiger partial charge in [-0.15, -0.1) is 0 Å². The number of carbonyl (C=O) groups excluding carboxylic acids is 1. The highest BCUT2D eigenvalue weighted by Crippen LogP contribution is 2.30. The van der Waals surface area contributed by atoms with Crippen LogP contribution in [0.25, 0.3) is 11.0 Å². The molecule has 5 nitrogen and oxygen atoms in total. The van der Waals surface area contributed by atoms with E-state index in [-0.39, 0.29) is 28.8 Å². The quantitative estimate of drug-likeness (QED) is 0.772. The van der Waals surface area contributed by atoms with Crippen LogP contribution in [0.4, 0.5) is 10.1 Å². The molecule has 0 saturated carbocycles. The topological polar surface area (TPSA) is 75.3 Å². The van der Waals surface area contributed by atoms with Gasteiger partial charge in [-0.05, 0) is 30.3 Å². The third-order valence-corrected chi connectivity index (χ3v) is 3.51. The van der Waals surface area contributed by atoms with Gasteiger partial charge in [-0.2, -0.15) is 5.26 Å². The molecular formula is C17H10ClFN2O3. The third-order valence-electron chi connectivity index (χ3n) is 3.21. The van der Waals surface area contributed by atoms with Crippen molar-refractivity contribution in [1.82, 2.24) is 0 Å². The van der Waals surface area contributed by atoms with Gasteiger partial charge in [0.25, 0.3) is 5.91 Å². The van der Waals surface area contributed by atoms with Gasteiger partial charge < -0.3 is 14.5 Å². The van der Waals surface area contributed by atoms with Gasteiger partial charge in [0.05, 0.1) is 5.02 Å². The Morgan fingerprint density at radius 1 is 1.33 bits per heavy atom. The predicted molar refractivity (Wildman–Crippen MR) is 86.5 cm³/mol. The van der Waals surface area contributed by atoms with Gasteiger partial charge in [0.15, 0.2) is 6.61 Å². The van der Waals surface area contributed by atoms with Crippen LogP contribution >= 0.6 is 11.6 Å². The molecule has 0 atom stereocenters. The molecule has 1 N–H and O–H groups in total. The molecule has 0 spiro atoms. The summed E-state index contributed by atoms with van der Waals surface area (Å²) in [5.41, 5.74) is 0.777. The second-order valence-corrected chi connectivity index (χ2v) is 5.23. The summed E-state index contributed by atoms with van der Waals surface area (Å²) in [6.45, 7) is -0.351. The van der Waals surface area contributed by atoms with E-state index in [0.717, 1.165) is 6.07 Å². The van der Waals surface area contributed by atoms with Crippen LogP contribution in [0.15, 0.2) is 46.9 Å². The largest absolute Gasteiger partial charge is 0.482 e. The lowest BCUT2D eigenvalue weighted by Gasteiger charge is -2.08. The first kappa shape index (κ1) is 15.8. The molecule has 1 heterocycles.